The molecular weight excluding hydrogens is 256 g/mol. The minimum Gasteiger partial charge on any atom is -0.385 e. The Morgan fingerprint density at radius 2 is 0.850 bits per heavy atom. The zero-order valence-corrected chi connectivity index (χ0v) is 14.4. The van der Waals surface area contributed by atoms with Crippen molar-refractivity contribution in [2.24, 2.45) is 0 Å². The van der Waals surface area contributed by atoms with Crippen molar-refractivity contribution in [3.8, 4) is 0 Å². The SMILES string of the molecule is COCCCCOC(C)C.COCCCCOC(C)C. The highest BCUT2D eigenvalue weighted by atomic mass is 16.5. The minimum atomic E-state index is 0.363. The van der Waals surface area contributed by atoms with Crippen LogP contribution < -0.4 is 0 Å². The molecule has 0 atom stereocenters. The summed E-state index contributed by atoms with van der Waals surface area (Å²) in [6.45, 7) is 11.6. The molecule has 0 saturated carbocycles. The van der Waals surface area contributed by atoms with Gasteiger partial charge in [0.1, 0.15) is 0 Å². The summed E-state index contributed by atoms with van der Waals surface area (Å²) in [6, 6.07) is 0. The van der Waals surface area contributed by atoms with Crippen molar-refractivity contribution < 1.29 is 18.9 Å². The summed E-state index contributed by atoms with van der Waals surface area (Å²) in [4.78, 5) is 0. The molecule has 124 valence electrons. The van der Waals surface area contributed by atoms with Crippen LogP contribution in [-0.2, 0) is 18.9 Å². The van der Waals surface area contributed by atoms with Crippen LogP contribution in [0.4, 0.5) is 0 Å². The van der Waals surface area contributed by atoms with Crippen LogP contribution in [0.1, 0.15) is 53.4 Å². The maximum absolute atomic E-state index is 5.33. The van der Waals surface area contributed by atoms with Gasteiger partial charge in [-0.2, -0.15) is 0 Å². The molecule has 0 amide bonds. The summed E-state index contributed by atoms with van der Waals surface area (Å²) in [6.07, 6.45) is 5.13. The third-order valence-electron chi connectivity index (χ3n) is 2.39. The number of unbranched alkanes of at least 4 members (excludes halogenated alkanes) is 2. The van der Waals surface area contributed by atoms with E-state index in [9.17, 15) is 0 Å². The van der Waals surface area contributed by atoms with Gasteiger partial charge in [0, 0.05) is 40.6 Å². The fraction of sp³-hybridized carbons (Fsp3) is 1.00. The molecule has 0 aromatic carbocycles. The van der Waals surface area contributed by atoms with Gasteiger partial charge >= 0.3 is 0 Å². The molecule has 0 aromatic rings. The van der Waals surface area contributed by atoms with Crippen molar-refractivity contribution in [1.29, 1.82) is 0 Å². The van der Waals surface area contributed by atoms with Crippen LogP contribution in [0.15, 0.2) is 0 Å². The van der Waals surface area contributed by atoms with E-state index in [-0.39, 0.29) is 0 Å². The Balaban J connectivity index is 0. The van der Waals surface area contributed by atoms with Crippen molar-refractivity contribution in [1.82, 2.24) is 0 Å². The van der Waals surface area contributed by atoms with Gasteiger partial charge in [0.2, 0.25) is 0 Å². The summed E-state index contributed by atoms with van der Waals surface area (Å²) < 4.78 is 20.5. The van der Waals surface area contributed by atoms with Crippen LogP contribution in [0.3, 0.4) is 0 Å². The quantitative estimate of drug-likeness (QED) is 0.514. The summed E-state index contributed by atoms with van der Waals surface area (Å²) in [7, 11) is 3.45. The number of rotatable bonds is 12. The average molecular weight is 292 g/mol. The van der Waals surface area contributed by atoms with Gasteiger partial charge < -0.3 is 18.9 Å². The molecule has 0 radical (unpaired) electrons. The Morgan fingerprint density at radius 1 is 0.550 bits per heavy atom. The predicted octanol–water partition coefficient (Wildman–Crippen LogP) is 3.68. The number of hydrogen-bond donors (Lipinski definition) is 0. The van der Waals surface area contributed by atoms with Gasteiger partial charge in [-0.1, -0.05) is 0 Å². The highest BCUT2D eigenvalue weighted by Gasteiger charge is 1.92. The third-order valence-corrected chi connectivity index (χ3v) is 2.39. The van der Waals surface area contributed by atoms with Crippen molar-refractivity contribution in [3.05, 3.63) is 0 Å². The smallest absolute Gasteiger partial charge is 0.0518 e. The van der Waals surface area contributed by atoms with Crippen molar-refractivity contribution in [2.45, 2.75) is 65.6 Å². The molecule has 0 aliphatic heterocycles. The predicted molar refractivity (Wildman–Crippen MR) is 84.4 cm³/mol. The van der Waals surface area contributed by atoms with Gasteiger partial charge in [-0.15, -0.1) is 0 Å². The zero-order valence-electron chi connectivity index (χ0n) is 14.4. The molecule has 0 aliphatic carbocycles. The first-order valence-electron chi connectivity index (χ1n) is 7.75. The Labute approximate surface area is 126 Å². The highest BCUT2D eigenvalue weighted by molar-refractivity contribution is 4.40. The normalized spacial score (nSPS) is 10.8. The minimum absolute atomic E-state index is 0.363. The Kier molecular flexibility index (Phi) is 20.8. The summed E-state index contributed by atoms with van der Waals surface area (Å²) >= 11 is 0. The first-order valence-corrected chi connectivity index (χ1v) is 7.75. The van der Waals surface area contributed by atoms with Crippen LogP contribution in [0, 0.1) is 0 Å². The molecule has 0 spiro atoms. The zero-order chi connectivity index (χ0) is 15.6. The lowest BCUT2D eigenvalue weighted by Gasteiger charge is -2.05. The van der Waals surface area contributed by atoms with Gasteiger partial charge in [0.05, 0.1) is 12.2 Å². The molecule has 20 heavy (non-hydrogen) atoms. The second kappa shape index (κ2) is 18.8. The van der Waals surface area contributed by atoms with Crippen LogP contribution >= 0.6 is 0 Å². The molecular formula is C16H36O4. The molecule has 0 rings (SSSR count). The molecule has 0 bridgehead atoms. The van der Waals surface area contributed by atoms with Crippen molar-refractivity contribution in [3.63, 3.8) is 0 Å². The summed E-state index contributed by atoms with van der Waals surface area (Å²) in [5, 5.41) is 0. The molecule has 4 nitrogen and oxygen atoms in total. The second-order valence-electron chi connectivity index (χ2n) is 5.24. The Hall–Kier alpha value is -0.160. The van der Waals surface area contributed by atoms with E-state index in [0.29, 0.717) is 12.2 Å². The van der Waals surface area contributed by atoms with E-state index in [1.165, 1.54) is 0 Å². The van der Waals surface area contributed by atoms with Gasteiger partial charge in [0.25, 0.3) is 0 Å². The van der Waals surface area contributed by atoms with E-state index in [2.05, 4.69) is 27.7 Å². The fourth-order valence-electron chi connectivity index (χ4n) is 1.33. The van der Waals surface area contributed by atoms with Crippen molar-refractivity contribution >= 4 is 0 Å². The van der Waals surface area contributed by atoms with E-state index in [1.54, 1.807) is 14.2 Å². The summed E-state index contributed by atoms with van der Waals surface area (Å²) in [5.41, 5.74) is 0. The van der Waals surface area contributed by atoms with E-state index in [4.69, 9.17) is 18.9 Å². The number of ether oxygens (including phenoxy) is 4. The van der Waals surface area contributed by atoms with E-state index in [0.717, 1.165) is 52.1 Å². The van der Waals surface area contributed by atoms with Crippen LogP contribution in [0.2, 0.25) is 0 Å². The second-order valence-corrected chi connectivity index (χ2v) is 5.24. The average Bonchev–Trinajstić information content (AvgIpc) is 2.38. The van der Waals surface area contributed by atoms with Crippen LogP contribution in [0.25, 0.3) is 0 Å². The number of hydrogen-bond acceptors (Lipinski definition) is 4. The maximum atomic E-state index is 5.33. The standard InChI is InChI=1S/2C8H18O2/c2*1-8(2)10-7-5-4-6-9-3/h2*8H,4-7H2,1-3H3. The molecule has 0 heterocycles. The first-order chi connectivity index (χ1) is 9.54. The van der Waals surface area contributed by atoms with Crippen molar-refractivity contribution in [2.75, 3.05) is 40.6 Å². The van der Waals surface area contributed by atoms with Gasteiger partial charge in [-0.25, -0.2) is 0 Å². The van der Waals surface area contributed by atoms with E-state index >= 15 is 0 Å². The largest absolute Gasteiger partial charge is 0.385 e. The molecule has 0 aromatic heterocycles. The molecule has 0 fully saturated rings. The van der Waals surface area contributed by atoms with Crippen LogP contribution in [0.5, 0.6) is 0 Å². The lowest BCUT2D eigenvalue weighted by atomic mass is 10.3. The fourth-order valence-corrected chi connectivity index (χ4v) is 1.33. The molecule has 4 heteroatoms. The Morgan fingerprint density at radius 3 is 1.10 bits per heavy atom. The monoisotopic (exact) mass is 292 g/mol. The third kappa shape index (κ3) is 26.4. The van der Waals surface area contributed by atoms with E-state index < -0.39 is 0 Å². The van der Waals surface area contributed by atoms with E-state index in [1.807, 2.05) is 0 Å². The maximum Gasteiger partial charge on any atom is 0.0518 e. The highest BCUT2D eigenvalue weighted by Crippen LogP contribution is 1.94. The molecule has 0 aliphatic rings. The van der Waals surface area contributed by atoms with Gasteiger partial charge in [0.15, 0.2) is 0 Å². The first kappa shape index (κ1) is 22.1. The lowest BCUT2D eigenvalue weighted by molar-refractivity contribution is 0.0708. The van der Waals surface area contributed by atoms with Gasteiger partial charge in [-0.3, -0.25) is 0 Å². The van der Waals surface area contributed by atoms with Crippen LogP contribution in [-0.4, -0.2) is 52.9 Å². The Bertz CT molecular complexity index is 143. The topological polar surface area (TPSA) is 36.9 Å². The molecule has 0 N–H and O–H groups in total. The van der Waals surface area contributed by atoms with Gasteiger partial charge in [-0.05, 0) is 53.4 Å². The molecule has 0 saturated heterocycles. The molecule has 0 unspecified atom stereocenters. The number of methoxy groups -OCH3 is 2. The lowest BCUT2D eigenvalue weighted by Crippen LogP contribution is -2.04. The summed E-state index contributed by atoms with van der Waals surface area (Å²) in [5.74, 6) is 0.